The molecule has 0 fully saturated rings. The largest absolute Gasteiger partial charge is 0.496 e. The maximum atomic E-state index is 13.0. The summed E-state index contributed by atoms with van der Waals surface area (Å²) < 4.78 is 18.2. The fourth-order valence-corrected chi connectivity index (χ4v) is 2.27. The summed E-state index contributed by atoms with van der Waals surface area (Å²) in [4.78, 5) is 0. The quantitative estimate of drug-likeness (QED) is 0.931. The van der Waals surface area contributed by atoms with E-state index in [0.29, 0.717) is 5.75 Å². The minimum absolute atomic E-state index is 0. The lowest BCUT2D eigenvalue weighted by molar-refractivity contribution is 0.404. The molecular weight excluding hydrogens is 261 g/mol. The van der Waals surface area contributed by atoms with Crippen molar-refractivity contribution < 1.29 is 9.13 Å². The van der Waals surface area contributed by atoms with Crippen LogP contribution in [0, 0.1) is 5.82 Å². The van der Waals surface area contributed by atoms with E-state index in [9.17, 15) is 4.39 Å². The molecule has 2 nitrogen and oxygen atoms in total. The molecule has 17 heavy (non-hydrogen) atoms. The van der Waals surface area contributed by atoms with Gasteiger partial charge in [0.15, 0.2) is 0 Å². The topological polar surface area (TPSA) is 35.2 Å². The Morgan fingerprint density at radius 1 is 1.35 bits per heavy atom. The summed E-state index contributed by atoms with van der Waals surface area (Å²) in [5, 5.41) is 3.94. The summed E-state index contributed by atoms with van der Waals surface area (Å²) in [6.45, 7) is 0. The zero-order valence-electron chi connectivity index (χ0n) is 9.22. The highest BCUT2D eigenvalue weighted by atomic mass is 35.5. The van der Waals surface area contributed by atoms with Gasteiger partial charge in [-0.25, -0.2) is 4.39 Å². The minimum atomic E-state index is -0.321. The van der Waals surface area contributed by atoms with E-state index in [0.717, 1.165) is 11.1 Å². The van der Waals surface area contributed by atoms with Crippen LogP contribution in [0.15, 0.2) is 35.0 Å². The summed E-state index contributed by atoms with van der Waals surface area (Å²) in [5.74, 6) is 0.164. The number of hydrogen-bond donors (Lipinski definition) is 1. The van der Waals surface area contributed by atoms with Crippen LogP contribution in [0.25, 0.3) is 0 Å². The first-order chi connectivity index (χ1) is 7.72. The van der Waals surface area contributed by atoms with Crippen LogP contribution >= 0.6 is 23.7 Å². The van der Waals surface area contributed by atoms with Crippen LogP contribution in [-0.2, 0) is 0 Å². The Hall–Kier alpha value is -1.10. The Morgan fingerprint density at radius 3 is 2.71 bits per heavy atom. The first kappa shape index (κ1) is 14.0. The van der Waals surface area contributed by atoms with Crippen molar-refractivity contribution in [1.82, 2.24) is 0 Å². The molecule has 2 aromatic rings. The van der Waals surface area contributed by atoms with E-state index in [-0.39, 0.29) is 24.3 Å². The number of thiophene rings is 1. The van der Waals surface area contributed by atoms with Gasteiger partial charge in [-0.15, -0.1) is 12.4 Å². The molecule has 1 heterocycles. The highest BCUT2D eigenvalue weighted by Gasteiger charge is 2.14. The van der Waals surface area contributed by atoms with Gasteiger partial charge in [0.2, 0.25) is 0 Å². The number of nitrogens with two attached hydrogens (primary N) is 1. The van der Waals surface area contributed by atoms with Gasteiger partial charge < -0.3 is 10.5 Å². The fourth-order valence-electron chi connectivity index (χ4n) is 1.57. The van der Waals surface area contributed by atoms with Gasteiger partial charge in [0.1, 0.15) is 11.6 Å². The molecule has 0 unspecified atom stereocenters. The van der Waals surface area contributed by atoms with Gasteiger partial charge in [0.05, 0.1) is 13.2 Å². The maximum absolute atomic E-state index is 13.0. The molecule has 92 valence electrons. The second kappa shape index (κ2) is 6.00. The van der Waals surface area contributed by atoms with Gasteiger partial charge in [-0.05, 0) is 28.5 Å². The molecule has 0 aliphatic heterocycles. The second-order valence-electron chi connectivity index (χ2n) is 3.42. The molecule has 1 aromatic carbocycles. The first-order valence-corrected chi connectivity index (χ1v) is 5.77. The van der Waals surface area contributed by atoms with Crippen LogP contribution < -0.4 is 10.5 Å². The Morgan fingerprint density at radius 2 is 2.12 bits per heavy atom. The SMILES string of the molecule is COc1cc(F)ccc1[C@@H](N)c1ccsc1.Cl. The van der Waals surface area contributed by atoms with Gasteiger partial charge in [-0.2, -0.15) is 11.3 Å². The molecule has 2 N–H and O–H groups in total. The molecular formula is C12H13ClFNOS. The maximum Gasteiger partial charge on any atom is 0.126 e. The van der Waals surface area contributed by atoms with Crippen molar-refractivity contribution in [1.29, 1.82) is 0 Å². The smallest absolute Gasteiger partial charge is 0.126 e. The Balaban J connectivity index is 0.00000144. The Labute approximate surface area is 110 Å². The van der Waals surface area contributed by atoms with E-state index < -0.39 is 0 Å². The minimum Gasteiger partial charge on any atom is -0.496 e. The van der Waals surface area contributed by atoms with E-state index >= 15 is 0 Å². The van der Waals surface area contributed by atoms with Gasteiger partial charge in [0.25, 0.3) is 0 Å². The summed E-state index contributed by atoms with van der Waals surface area (Å²) in [6, 6.07) is 6.09. The van der Waals surface area contributed by atoms with Crippen LogP contribution in [0.5, 0.6) is 5.75 Å². The highest BCUT2D eigenvalue weighted by Crippen LogP contribution is 2.29. The van der Waals surface area contributed by atoms with Crippen molar-refractivity contribution in [3.8, 4) is 5.75 Å². The second-order valence-corrected chi connectivity index (χ2v) is 4.20. The fraction of sp³-hybridized carbons (Fsp3) is 0.167. The zero-order chi connectivity index (χ0) is 11.5. The van der Waals surface area contributed by atoms with Crippen LogP contribution in [0.1, 0.15) is 17.2 Å². The Bertz CT molecular complexity index is 475. The van der Waals surface area contributed by atoms with Crippen molar-refractivity contribution in [3.63, 3.8) is 0 Å². The number of hydrogen-bond acceptors (Lipinski definition) is 3. The van der Waals surface area contributed by atoms with E-state index in [4.69, 9.17) is 10.5 Å². The number of halogens is 2. The van der Waals surface area contributed by atoms with Crippen molar-refractivity contribution in [2.45, 2.75) is 6.04 Å². The number of ether oxygens (including phenoxy) is 1. The number of benzene rings is 1. The summed E-state index contributed by atoms with van der Waals surface area (Å²) in [6.07, 6.45) is 0. The van der Waals surface area contributed by atoms with Crippen LogP contribution in [0.2, 0.25) is 0 Å². The molecule has 0 spiro atoms. The third kappa shape index (κ3) is 2.97. The van der Waals surface area contributed by atoms with Gasteiger partial charge in [-0.1, -0.05) is 6.07 Å². The standard InChI is InChI=1S/C12H12FNOS.ClH/c1-15-11-6-9(13)2-3-10(11)12(14)8-4-5-16-7-8;/h2-7,12H,14H2,1H3;1H/t12-;/m0./s1. The third-order valence-corrected chi connectivity index (χ3v) is 3.13. The third-order valence-electron chi connectivity index (χ3n) is 2.43. The summed E-state index contributed by atoms with van der Waals surface area (Å²) in [5.41, 5.74) is 7.89. The molecule has 0 aliphatic carbocycles. The molecule has 2 rings (SSSR count). The number of methoxy groups -OCH3 is 1. The monoisotopic (exact) mass is 273 g/mol. The number of rotatable bonds is 3. The zero-order valence-corrected chi connectivity index (χ0v) is 10.9. The molecule has 0 aliphatic rings. The summed E-state index contributed by atoms with van der Waals surface area (Å²) in [7, 11) is 1.51. The molecule has 5 heteroatoms. The van der Waals surface area contributed by atoms with Crippen LogP contribution in [-0.4, -0.2) is 7.11 Å². The molecule has 0 radical (unpaired) electrons. The van der Waals surface area contributed by atoms with Crippen LogP contribution in [0.3, 0.4) is 0 Å². The van der Waals surface area contributed by atoms with Crippen molar-refractivity contribution in [2.75, 3.05) is 7.11 Å². The normalized spacial score (nSPS) is 11.7. The predicted molar refractivity (Wildman–Crippen MR) is 70.5 cm³/mol. The van der Waals surface area contributed by atoms with E-state index in [1.807, 2.05) is 16.8 Å². The van der Waals surface area contributed by atoms with Gasteiger partial charge in [-0.3, -0.25) is 0 Å². The molecule has 0 saturated heterocycles. The van der Waals surface area contributed by atoms with Crippen LogP contribution in [0.4, 0.5) is 4.39 Å². The molecule has 0 saturated carbocycles. The van der Waals surface area contributed by atoms with Gasteiger partial charge >= 0.3 is 0 Å². The lowest BCUT2D eigenvalue weighted by Crippen LogP contribution is -2.12. The summed E-state index contributed by atoms with van der Waals surface area (Å²) >= 11 is 1.58. The predicted octanol–water partition coefficient (Wildman–Crippen LogP) is 3.37. The lowest BCUT2D eigenvalue weighted by Gasteiger charge is -2.14. The molecule has 0 amide bonds. The van der Waals surface area contributed by atoms with E-state index in [2.05, 4.69) is 0 Å². The highest BCUT2D eigenvalue weighted by molar-refractivity contribution is 7.08. The lowest BCUT2D eigenvalue weighted by atomic mass is 10.0. The van der Waals surface area contributed by atoms with E-state index in [1.165, 1.54) is 19.2 Å². The molecule has 1 atom stereocenters. The van der Waals surface area contributed by atoms with Gasteiger partial charge in [0, 0.05) is 11.6 Å². The Kier molecular flexibility index (Phi) is 4.93. The molecule has 0 bridgehead atoms. The van der Waals surface area contributed by atoms with Crippen molar-refractivity contribution in [2.24, 2.45) is 5.73 Å². The first-order valence-electron chi connectivity index (χ1n) is 4.83. The average Bonchev–Trinajstić information content (AvgIpc) is 2.81. The van der Waals surface area contributed by atoms with Crippen molar-refractivity contribution >= 4 is 23.7 Å². The van der Waals surface area contributed by atoms with Crippen molar-refractivity contribution in [3.05, 3.63) is 52.0 Å². The molecule has 1 aromatic heterocycles. The van der Waals surface area contributed by atoms with E-state index in [1.54, 1.807) is 17.4 Å². The average molecular weight is 274 g/mol.